The van der Waals surface area contributed by atoms with Crippen molar-refractivity contribution in [2.75, 3.05) is 44.1 Å². The fourth-order valence-corrected chi connectivity index (χ4v) is 3.86. The second-order valence-electron chi connectivity index (χ2n) is 7.66. The molecule has 3 aromatic rings. The van der Waals surface area contributed by atoms with Crippen molar-refractivity contribution in [1.29, 1.82) is 0 Å². The molecular formula is C25H32N4O5S. The molecule has 0 bridgehead atoms. The van der Waals surface area contributed by atoms with Crippen LogP contribution in [0.15, 0.2) is 46.0 Å². The number of benzene rings is 2. The largest absolute Gasteiger partial charge is 0.490 e. The van der Waals surface area contributed by atoms with E-state index in [9.17, 15) is 4.79 Å². The lowest BCUT2D eigenvalue weighted by Gasteiger charge is -2.16. The molecule has 2 aromatic carbocycles. The van der Waals surface area contributed by atoms with Crippen LogP contribution in [-0.4, -0.2) is 55.3 Å². The first-order valence-electron chi connectivity index (χ1n) is 11.5. The Morgan fingerprint density at radius 3 is 2.14 bits per heavy atom. The van der Waals surface area contributed by atoms with Crippen LogP contribution in [0, 0.1) is 0 Å². The van der Waals surface area contributed by atoms with Gasteiger partial charge in [0.1, 0.15) is 0 Å². The molecule has 0 saturated heterocycles. The number of hydrogen-bond donors (Lipinski definition) is 1. The Morgan fingerprint density at radius 2 is 1.60 bits per heavy atom. The molecule has 0 radical (unpaired) electrons. The van der Waals surface area contributed by atoms with Crippen LogP contribution in [0.1, 0.15) is 27.7 Å². The Bertz CT molecular complexity index is 1090. The van der Waals surface area contributed by atoms with Crippen LogP contribution in [0.25, 0.3) is 11.5 Å². The van der Waals surface area contributed by atoms with Crippen LogP contribution in [0.5, 0.6) is 17.2 Å². The van der Waals surface area contributed by atoms with Gasteiger partial charge in [-0.05, 0) is 64.1 Å². The standard InChI is InChI=1S/C25H32N4O5S/c1-7-31-20-14-17(15-21(32-8-2)22(20)33-9-3)24-27-28-25(34-24)35-16(4)23(30)26-18-10-12-19(13-11-18)29(5)6/h10-16H,7-9H2,1-6H3,(H,26,30). The van der Waals surface area contributed by atoms with Crippen molar-refractivity contribution in [3.05, 3.63) is 36.4 Å². The third-order valence-corrected chi connectivity index (χ3v) is 5.79. The fourth-order valence-electron chi connectivity index (χ4n) is 3.18. The van der Waals surface area contributed by atoms with Gasteiger partial charge in [0.15, 0.2) is 11.5 Å². The first-order valence-corrected chi connectivity index (χ1v) is 12.4. The van der Waals surface area contributed by atoms with Gasteiger partial charge in [-0.1, -0.05) is 11.8 Å². The molecule has 0 fully saturated rings. The highest BCUT2D eigenvalue weighted by Gasteiger charge is 2.21. The molecule has 10 heteroatoms. The number of ether oxygens (including phenoxy) is 3. The first-order chi connectivity index (χ1) is 16.9. The lowest BCUT2D eigenvalue weighted by molar-refractivity contribution is -0.115. The number of amides is 1. The van der Waals surface area contributed by atoms with Crippen LogP contribution < -0.4 is 24.4 Å². The second-order valence-corrected chi connectivity index (χ2v) is 8.96. The molecule has 9 nitrogen and oxygen atoms in total. The van der Waals surface area contributed by atoms with Crippen molar-refractivity contribution in [2.24, 2.45) is 0 Å². The molecular weight excluding hydrogens is 468 g/mol. The zero-order valence-electron chi connectivity index (χ0n) is 21.0. The van der Waals surface area contributed by atoms with Crippen LogP contribution >= 0.6 is 11.8 Å². The molecule has 0 aliphatic carbocycles. The summed E-state index contributed by atoms with van der Waals surface area (Å²) in [6, 6.07) is 11.2. The molecule has 1 atom stereocenters. The summed E-state index contributed by atoms with van der Waals surface area (Å²) in [7, 11) is 3.93. The second kappa shape index (κ2) is 12.3. The average Bonchev–Trinajstić information content (AvgIpc) is 3.30. The van der Waals surface area contributed by atoms with Gasteiger partial charge >= 0.3 is 0 Å². The highest BCUT2D eigenvalue weighted by atomic mass is 32.2. The average molecular weight is 501 g/mol. The van der Waals surface area contributed by atoms with Crippen LogP contribution in [0.2, 0.25) is 0 Å². The van der Waals surface area contributed by atoms with Crippen LogP contribution in [-0.2, 0) is 4.79 Å². The minimum atomic E-state index is -0.449. The Labute approximate surface area is 210 Å². The summed E-state index contributed by atoms with van der Waals surface area (Å²) < 4.78 is 23.1. The summed E-state index contributed by atoms with van der Waals surface area (Å²) >= 11 is 1.19. The van der Waals surface area contributed by atoms with Crippen molar-refractivity contribution in [1.82, 2.24) is 10.2 Å². The predicted octanol–water partition coefficient (Wildman–Crippen LogP) is 5.12. The number of aromatic nitrogens is 2. The Balaban J connectivity index is 1.73. The van der Waals surface area contributed by atoms with E-state index in [0.29, 0.717) is 48.5 Å². The number of nitrogens with one attached hydrogen (secondary N) is 1. The lowest BCUT2D eigenvalue weighted by Crippen LogP contribution is -2.22. The summed E-state index contributed by atoms with van der Waals surface area (Å²) in [4.78, 5) is 14.7. The molecule has 0 aliphatic rings. The molecule has 188 valence electrons. The molecule has 0 spiro atoms. The molecule has 1 unspecified atom stereocenters. The molecule has 0 aliphatic heterocycles. The maximum Gasteiger partial charge on any atom is 0.277 e. The van der Waals surface area contributed by atoms with Crippen molar-refractivity contribution in [3.8, 4) is 28.7 Å². The number of nitrogens with zero attached hydrogens (tertiary/aromatic N) is 3. The number of carbonyl (C=O) groups excluding carboxylic acids is 1. The van der Waals surface area contributed by atoms with Gasteiger partial charge < -0.3 is 28.8 Å². The fraction of sp³-hybridized carbons (Fsp3) is 0.400. The molecule has 35 heavy (non-hydrogen) atoms. The highest BCUT2D eigenvalue weighted by molar-refractivity contribution is 8.00. The van der Waals surface area contributed by atoms with Gasteiger partial charge in [-0.2, -0.15) is 0 Å². The SMILES string of the molecule is CCOc1cc(-c2nnc(SC(C)C(=O)Nc3ccc(N(C)C)cc3)o2)cc(OCC)c1OCC. The van der Waals surface area contributed by atoms with E-state index in [1.807, 2.05) is 64.0 Å². The first kappa shape index (κ1) is 26.2. The minimum Gasteiger partial charge on any atom is -0.490 e. The number of carbonyl (C=O) groups is 1. The third kappa shape index (κ3) is 6.82. The van der Waals surface area contributed by atoms with Gasteiger partial charge in [0.25, 0.3) is 5.22 Å². The topological polar surface area (TPSA) is 99.0 Å². The monoisotopic (exact) mass is 500 g/mol. The van der Waals surface area contributed by atoms with E-state index in [1.165, 1.54) is 11.8 Å². The van der Waals surface area contributed by atoms with Gasteiger partial charge in [0.05, 0.1) is 25.1 Å². The highest BCUT2D eigenvalue weighted by Crippen LogP contribution is 2.42. The maximum absolute atomic E-state index is 12.7. The van der Waals surface area contributed by atoms with Gasteiger partial charge in [0.2, 0.25) is 17.5 Å². The van der Waals surface area contributed by atoms with Gasteiger partial charge in [-0.15, -0.1) is 10.2 Å². The minimum absolute atomic E-state index is 0.161. The van der Waals surface area contributed by atoms with E-state index in [-0.39, 0.29) is 11.1 Å². The van der Waals surface area contributed by atoms with Crippen molar-refractivity contribution < 1.29 is 23.4 Å². The van der Waals surface area contributed by atoms with Crippen LogP contribution in [0.3, 0.4) is 0 Å². The van der Waals surface area contributed by atoms with Crippen molar-refractivity contribution >= 4 is 29.0 Å². The van der Waals surface area contributed by atoms with E-state index >= 15 is 0 Å². The molecule has 1 aromatic heterocycles. The summed E-state index contributed by atoms with van der Waals surface area (Å²) in [5, 5.41) is 11.0. The van der Waals surface area contributed by atoms with E-state index in [1.54, 1.807) is 19.1 Å². The van der Waals surface area contributed by atoms with Gasteiger partial charge in [0, 0.05) is 31.0 Å². The summed E-state index contributed by atoms with van der Waals surface area (Å²) in [5.41, 5.74) is 2.41. The molecule has 3 rings (SSSR count). The normalized spacial score (nSPS) is 11.6. The van der Waals surface area contributed by atoms with Gasteiger partial charge in [-0.3, -0.25) is 4.79 Å². The number of hydrogen-bond acceptors (Lipinski definition) is 9. The number of rotatable bonds is 12. The van der Waals surface area contributed by atoms with E-state index < -0.39 is 5.25 Å². The molecule has 1 N–H and O–H groups in total. The Morgan fingerprint density at radius 1 is 1.00 bits per heavy atom. The number of anilines is 2. The van der Waals surface area contributed by atoms with E-state index in [4.69, 9.17) is 18.6 Å². The lowest BCUT2D eigenvalue weighted by atomic mass is 10.2. The Kier molecular flexibility index (Phi) is 9.25. The van der Waals surface area contributed by atoms with E-state index in [2.05, 4.69) is 15.5 Å². The zero-order chi connectivity index (χ0) is 25.4. The summed E-state index contributed by atoms with van der Waals surface area (Å²) in [6.07, 6.45) is 0. The summed E-state index contributed by atoms with van der Waals surface area (Å²) in [5.74, 6) is 1.75. The molecule has 1 heterocycles. The third-order valence-electron chi connectivity index (χ3n) is 4.86. The molecule has 1 amide bonds. The van der Waals surface area contributed by atoms with Crippen molar-refractivity contribution in [3.63, 3.8) is 0 Å². The van der Waals surface area contributed by atoms with Crippen LogP contribution in [0.4, 0.5) is 11.4 Å². The maximum atomic E-state index is 12.7. The molecule has 0 saturated carbocycles. The van der Waals surface area contributed by atoms with E-state index in [0.717, 1.165) is 11.4 Å². The zero-order valence-corrected chi connectivity index (χ0v) is 21.8. The number of thioether (sulfide) groups is 1. The smallest absolute Gasteiger partial charge is 0.277 e. The van der Waals surface area contributed by atoms with Gasteiger partial charge in [-0.25, -0.2) is 0 Å². The van der Waals surface area contributed by atoms with Crippen molar-refractivity contribution in [2.45, 2.75) is 38.2 Å². The quantitative estimate of drug-likeness (QED) is 0.340. The predicted molar refractivity (Wildman–Crippen MR) is 138 cm³/mol. The summed E-state index contributed by atoms with van der Waals surface area (Å²) in [6.45, 7) is 8.88. The Hall–Kier alpha value is -3.40.